The van der Waals surface area contributed by atoms with E-state index < -0.39 is 0 Å². The molecule has 0 aliphatic heterocycles. The fourth-order valence-electron chi connectivity index (χ4n) is 5.48. The van der Waals surface area contributed by atoms with Gasteiger partial charge in [0.1, 0.15) is 5.76 Å². The maximum absolute atomic E-state index is 6.14. The number of nitrogens with zero attached hydrogens (tertiary/aromatic N) is 1. The first-order valence-corrected chi connectivity index (χ1v) is 8.98. The lowest BCUT2D eigenvalue weighted by molar-refractivity contribution is -0.00991. The maximum atomic E-state index is 6.14. The Morgan fingerprint density at radius 1 is 1.10 bits per heavy atom. The minimum atomic E-state index is 0.683. The highest BCUT2D eigenvalue weighted by atomic mass is 16.4. The molecular formula is C18H28N2O. The van der Waals surface area contributed by atoms with Gasteiger partial charge < -0.3 is 9.73 Å². The smallest absolute Gasteiger partial charge is 0.195 e. The molecule has 3 heteroatoms. The second-order valence-electron chi connectivity index (χ2n) is 7.61. The summed E-state index contributed by atoms with van der Waals surface area (Å²) in [6.07, 6.45) is 11.5. The van der Waals surface area contributed by atoms with Gasteiger partial charge in [-0.05, 0) is 68.7 Å². The summed E-state index contributed by atoms with van der Waals surface area (Å²) in [5, 5.41) is 3.42. The van der Waals surface area contributed by atoms with Gasteiger partial charge in [0.05, 0.1) is 6.20 Å². The molecule has 4 saturated carbocycles. The van der Waals surface area contributed by atoms with Crippen LogP contribution in [0.3, 0.4) is 0 Å². The standard InChI is InChI=1S/C18H28N2O/c1-2-4-19-5-3-17-20-11-16(21-17)18-14-7-12-6-13(9-14)10-15(18)8-12/h11-15,18-19H,2-10H2,1H3. The highest BCUT2D eigenvalue weighted by Crippen LogP contribution is 2.59. The molecule has 4 bridgehead atoms. The van der Waals surface area contributed by atoms with Crippen molar-refractivity contribution in [2.75, 3.05) is 13.1 Å². The average Bonchev–Trinajstić information content (AvgIpc) is 2.91. The van der Waals surface area contributed by atoms with Crippen LogP contribution >= 0.6 is 0 Å². The molecule has 0 atom stereocenters. The van der Waals surface area contributed by atoms with Crippen molar-refractivity contribution in [2.45, 2.75) is 57.8 Å². The lowest BCUT2D eigenvalue weighted by Crippen LogP contribution is -2.43. The van der Waals surface area contributed by atoms with Crippen molar-refractivity contribution >= 4 is 0 Å². The quantitative estimate of drug-likeness (QED) is 0.810. The number of oxazole rings is 1. The van der Waals surface area contributed by atoms with Crippen LogP contribution in [0.25, 0.3) is 0 Å². The summed E-state index contributed by atoms with van der Waals surface area (Å²) >= 11 is 0. The Kier molecular flexibility index (Phi) is 3.78. The maximum Gasteiger partial charge on any atom is 0.195 e. The normalized spacial score (nSPS) is 37.3. The Balaban J connectivity index is 1.41. The summed E-state index contributed by atoms with van der Waals surface area (Å²) in [6.45, 7) is 4.27. The SMILES string of the molecule is CCCNCCc1ncc(C2C3CC4CC(C3)CC2C4)o1. The van der Waals surface area contributed by atoms with E-state index >= 15 is 0 Å². The minimum absolute atomic E-state index is 0.683. The van der Waals surface area contributed by atoms with Crippen molar-refractivity contribution in [2.24, 2.45) is 23.7 Å². The second-order valence-corrected chi connectivity index (χ2v) is 7.61. The van der Waals surface area contributed by atoms with Gasteiger partial charge in [-0.25, -0.2) is 4.98 Å². The van der Waals surface area contributed by atoms with Gasteiger partial charge in [0, 0.05) is 18.9 Å². The number of aromatic nitrogens is 1. The van der Waals surface area contributed by atoms with Crippen molar-refractivity contribution in [1.82, 2.24) is 10.3 Å². The Labute approximate surface area is 127 Å². The Hall–Kier alpha value is -0.830. The van der Waals surface area contributed by atoms with Crippen molar-refractivity contribution in [3.8, 4) is 0 Å². The van der Waals surface area contributed by atoms with Crippen LogP contribution in [-0.2, 0) is 6.42 Å². The summed E-state index contributed by atoms with van der Waals surface area (Å²) in [4.78, 5) is 4.54. The van der Waals surface area contributed by atoms with Gasteiger partial charge in [-0.1, -0.05) is 6.92 Å². The third kappa shape index (κ3) is 2.65. The summed E-state index contributed by atoms with van der Waals surface area (Å²) in [5.74, 6) is 6.66. The van der Waals surface area contributed by atoms with Crippen molar-refractivity contribution in [1.29, 1.82) is 0 Å². The van der Waals surface area contributed by atoms with Gasteiger partial charge >= 0.3 is 0 Å². The van der Waals surface area contributed by atoms with Crippen LogP contribution in [-0.4, -0.2) is 18.1 Å². The minimum Gasteiger partial charge on any atom is -0.445 e. The van der Waals surface area contributed by atoms with Crippen LogP contribution in [0.1, 0.15) is 63.0 Å². The molecule has 1 aromatic heterocycles. The third-order valence-electron chi connectivity index (χ3n) is 6.07. The van der Waals surface area contributed by atoms with Crippen LogP contribution in [0.4, 0.5) is 0 Å². The molecule has 4 aliphatic rings. The fourth-order valence-corrected chi connectivity index (χ4v) is 5.48. The molecule has 3 nitrogen and oxygen atoms in total. The van der Waals surface area contributed by atoms with Gasteiger partial charge in [0.2, 0.25) is 0 Å². The lowest BCUT2D eigenvalue weighted by atomic mass is 9.51. The van der Waals surface area contributed by atoms with Gasteiger partial charge in [-0.3, -0.25) is 0 Å². The number of hydrogen-bond donors (Lipinski definition) is 1. The molecule has 21 heavy (non-hydrogen) atoms. The fraction of sp³-hybridized carbons (Fsp3) is 0.833. The van der Waals surface area contributed by atoms with Crippen LogP contribution < -0.4 is 5.32 Å². The van der Waals surface area contributed by atoms with E-state index in [2.05, 4.69) is 17.2 Å². The number of hydrogen-bond acceptors (Lipinski definition) is 3. The van der Waals surface area contributed by atoms with Gasteiger partial charge in [-0.2, -0.15) is 0 Å². The van der Waals surface area contributed by atoms with E-state index in [9.17, 15) is 0 Å². The molecular weight excluding hydrogens is 260 g/mol. The Bertz CT molecular complexity index is 453. The average molecular weight is 288 g/mol. The molecule has 116 valence electrons. The largest absolute Gasteiger partial charge is 0.445 e. The molecule has 0 aromatic carbocycles. The highest BCUT2D eigenvalue weighted by Gasteiger charge is 2.49. The summed E-state index contributed by atoms with van der Waals surface area (Å²) in [7, 11) is 0. The molecule has 1 heterocycles. The molecule has 0 unspecified atom stereocenters. The summed E-state index contributed by atoms with van der Waals surface area (Å²) in [5.41, 5.74) is 0. The van der Waals surface area contributed by atoms with Crippen molar-refractivity contribution in [3.05, 3.63) is 17.8 Å². The van der Waals surface area contributed by atoms with E-state index in [1.807, 2.05) is 6.20 Å². The van der Waals surface area contributed by atoms with Gasteiger partial charge in [-0.15, -0.1) is 0 Å². The topological polar surface area (TPSA) is 38.1 Å². The van der Waals surface area contributed by atoms with E-state index in [1.54, 1.807) is 0 Å². The summed E-state index contributed by atoms with van der Waals surface area (Å²) < 4.78 is 6.14. The first-order chi connectivity index (χ1) is 10.3. The molecule has 1 N–H and O–H groups in total. The molecule has 1 aromatic rings. The van der Waals surface area contributed by atoms with E-state index in [-0.39, 0.29) is 0 Å². The third-order valence-corrected chi connectivity index (χ3v) is 6.07. The monoisotopic (exact) mass is 288 g/mol. The van der Waals surface area contributed by atoms with Crippen LogP contribution in [0.5, 0.6) is 0 Å². The van der Waals surface area contributed by atoms with E-state index in [0.29, 0.717) is 5.92 Å². The van der Waals surface area contributed by atoms with Crippen LogP contribution in [0.2, 0.25) is 0 Å². The zero-order valence-electron chi connectivity index (χ0n) is 13.2. The molecule has 0 saturated heterocycles. The molecule has 0 radical (unpaired) electrons. The molecule has 5 rings (SSSR count). The van der Waals surface area contributed by atoms with Crippen molar-refractivity contribution in [3.63, 3.8) is 0 Å². The summed E-state index contributed by atoms with van der Waals surface area (Å²) in [6, 6.07) is 0. The van der Waals surface area contributed by atoms with Crippen LogP contribution in [0, 0.1) is 23.7 Å². The molecule has 4 fully saturated rings. The number of rotatable bonds is 6. The van der Waals surface area contributed by atoms with E-state index in [0.717, 1.165) is 49.1 Å². The second kappa shape index (κ2) is 5.75. The van der Waals surface area contributed by atoms with Crippen molar-refractivity contribution < 1.29 is 4.42 Å². The van der Waals surface area contributed by atoms with Gasteiger partial charge in [0.25, 0.3) is 0 Å². The zero-order valence-corrected chi connectivity index (χ0v) is 13.2. The van der Waals surface area contributed by atoms with E-state index in [1.165, 1.54) is 44.3 Å². The predicted molar refractivity (Wildman–Crippen MR) is 83.2 cm³/mol. The first kappa shape index (κ1) is 13.8. The lowest BCUT2D eigenvalue weighted by Gasteiger charge is -2.53. The van der Waals surface area contributed by atoms with E-state index in [4.69, 9.17) is 4.42 Å². The van der Waals surface area contributed by atoms with Gasteiger partial charge in [0.15, 0.2) is 5.89 Å². The van der Waals surface area contributed by atoms with Crippen LogP contribution in [0.15, 0.2) is 10.6 Å². The Morgan fingerprint density at radius 2 is 1.81 bits per heavy atom. The predicted octanol–water partition coefficient (Wildman–Crippen LogP) is 3.76. The Morgan fingerprint density at radius 3 is 2.48 bits per heavy atom. The molecule has 0 amide bonds. The number of nitrogens with one attached hydrogen (secondary N) is 1. The molecule has 4 aliphatic carbocycles. The first-order valence-electron chi connectivity index (χ1n) is 8.98. The zero-order chi connectivity index (χ0) is 14.2. The molecule has 0 spiro atoms. The highest BCUT2D eigenvalue weighted by molar-refractivity contribution is 5.13.